The molecule has 1 N–H and O–H groups in total. The van der Waals surface area contributed by atoms with Gasteiger partial charge in [-0.1, -0.05) is 18.2 Å². The van der Waals surface area contributed by atoms with Gasteiger partial charge in [-0.3, -0.25) is 9.80 Å². The van der Waals surface area contributed by atoms with Gasteiger partial charge in [-0.05, 0) is 61.7 Å². The standard InChI is InChI=1S/C22H22F2N2O4/c23-17-2-1-3-18(20(17)24)26(12-14-4-6-16(7-5-14)21(27)28)22(29)30-19-13-25-10-8-15(19)9-11-25/h1-7,15,19H,8-13H2,(H,27,28)/t19-/m0/s1. The first-order chi connectivity index (χ1) is 14.4. The molecule has 2 aromatic carbocycles. The third kappa shape index (κ3) is 4.14. The van der Waals surface area contributed by atoms with E-state index in [9.17, 15) is 18.4 Å². The molecule has 1 amide bonds. The minimum atomic E-state index is -1.13. The second-order valence-electron chi connectivity index (χ2n) is 7.72. The van der Waals surface area contributed by atoms with Gasteiger partial charge in [-0.2, -0.15) is 0 Å². The third-order valence-corrected chi connectivity index (χ3v) is 5.83. The number of piperidine rings is 3. The number of carboxylic acid groups (broad SMARTS) is 1. The molecule has 2 aromatic rings. The summed E-state index contributed by atoms with van der Waals surface area (Å²) >= 11 is 0. The van der Waals surface area contributed by atoms with Crippen LogP contribution in [0.1, 0.15) is 28.8 Å². The minimum Gasteiger partial charge on any atom is -0.478 e. The molecule has 6 nitrogen and oxygen atoms in total. The first-order valence-electron chi connectivity index (χ1n) is 9.89. The Bertz CT molecular complexity index is 943. The third-order valence-electron chi connectivity index (χ3n) is 5.83. The van der Waals surface area contributed by atoms with Crippen molar-refractivity contribution in [3.63, 3.8) is 0 Å². The van der Waals surface area contributed by atoms with Gasteiger partial charge in [0.05, 0.1) is 17.8 Å². The normalized spacial score (nSPS) is 22.5. The lowest BCUT2D eigenvalue weighted by Gasteiger charge is -2.44. The monoisotopic (exact) mass is 416 g/mol. The van der Waals surface area contributed by atoms with Crippen LogP contribution >= 0.6 is 0 Å². The van der Waals surface area contributed by atoms with Crippen molar-refractivity contribution in [3.05, 3.63) is 65.2 Å². The van der Waals surface area contributed by atoms with Crippen LogP contribution in [-0.2, 0) is 11.3 Å². The summed E-state index contributed by atoms with van der Waals surface area (Å²) in [5.41, 5.74) is 0.440. The van der Waals surface area contributed by atoms with Crippen LogP contribution < -0.4 is 4.90 Å². The molecule has 0 spiro atoms. The number of carbonyl (C=O) groups excluding carboxylic acids is 1. The van der Waals surface area contributed by atoms with Gasteiger partial charge in [-0.25, -0.2) is 18.4 Å². The molecular weight excluding hydrogens is 394 g/mol. The van der Waals surface area contributed by atoms with E-state index in [4.69, 9.17) is 9.84 Å². The first-order valence-corrected chi connectivity index (χ1v) is 9.89. The van der Waals surface area contributed by atoms with Crippen molar-refractivity contribution in [2.24, 2.45) is 5.92 Å². The highest BCUT2D eigenvalue weighted by Gasteiger charge is 2.37. The zero-order chi connectivity index (χ0) is 21.3. The predicted octanol–water partition coefficient (Wildman–Crippen LogP) is 3.90. The molecule has 0 saturated carbocycles. The SMILES string of the molecule is O=C(O)c1ccc(CN(C(=O)O[C@H]2CN3CCC2CC3)c2cccc(F)c2F)cc1. The second-order valence-corrected chi connectivity index (χ2v) is 7.72. The fourth-order valence-electron chi connectivity index (χ4n) is 4.12. The van der Waals surface area contributed by atoms with Crippen LogP contribution in [0.15, 0.2) is 42.5 Å². The summed E-state index contributed by atoms with van der Waals surface area (Å²) in [6.07, 6.45) is 0.861. The molecule has 1 atom stereocenters. The van der Waals surface area contributed by atoms with Gasteiger partial charge in [0, 0.05) is 6.54 Å². The number of benzene rings is 2. The molecule has 2 bridgehead atoms. The van der Waals surface area contributed by atoms with Crippen LogP contribution in [-0.4, -0.2) is 47.8 Å². The molecule has 158 valence electrons. The van der Waals surface area contributed by atoms with Crippen molar-refractivity contribution in [2.45, 2.75) is 25.5 Å². The fraction of sp³-hybridized carbons (Fsp3) is 0.364. The van der Waals surface area contributed by atoms with Gasteiger partial charge in [-0.15, -0.1) is 0 Å². The van der Waals surface area contributed by atoms with Crippen LogP contribution in [0.4, 0.5) is 19.3 Å². The number of anilines is 1. The van der Waals surface area contributed by atoms with E-state index in [1.54, 1.807) is 0 Å². The number of fused-ring (bicyclic) bond motifs is 3. The molecule has 0 aliphatic carbocycles. The van der Waals surface area contributed by atoms with Gasteiger partial charge in [0.25, 0.3) is 0 Å². The van der Waals surface area contributed by atoms with E-state index in [0.717, 1.165) is 36.9 Å². The molecule has 0 unspecified atom stereocenters. The predicted molar refractivity (Wildman–Crippen MR) is 105 cm³/mol. The highest BCUT2D eigenvalue weighted by Crippen LogP contribution is 2.31. The van der Waals surface area contributed by atoms with E-state index in [-0.39, 0.29) is 29.8 Å². The number of ether oxygens (including phenoxy) is 1. The molecule has 3 saturated heterocycles. The van der Waals surface area contributed by atoms with Crippen LogP contribution in [0.5, 0.6) is 0 Å². The van der Waals surface area contributed by atoms with E-state index in [0.29, 0.717) is 12.1 Å². The lowest BCUT2D eigenvalue weighted by Crippen LogP contribution is -2.53. The lowest BCUT2D eigenvalue weighted by molar-refractivity contribution is -0.0311. The summed E-state index contributed by atoms with van der Waals surface area (Å²) in [5.74, 6) is -3.00. The molecule has 8 heteroatoms. The van der Waals surface area contributed by atoms with Crippen molar-refractivity contribution in [1.29, 1.82) is 0 Å². The van der Waals surface area contributed by atoms with Crippen molar-refractivity contribution < 1.29 is 28.2 Å². The Morgan fingerprint density at radius 3 is 2.40 bits per heavy atom. The summed E-state index contributed by atoms with van der Waals surface area (Å²) in [6.45, 7) is 2.52. The second kappa shape index (κ2) is 8.39. The van der Waals surface area contributed by atoms with Gasteiger partial charge in [0.2, 0.25) is 0 Å². The maximum absolute atomic E-state index is 14.5. The number of halogens is 2. The van der Waals surface area contributed by atoms with E-state index in [2.05, 4.69) is 4.90 Å². The number of rotatable bonds is 5. The zero-order valence-corrected chi connectivity index (χ0v) is 16.3. The topological polar surface area (TPSA) is 70.1 Å². The number of aromatic carboxylic acids is 1. The first kappa shape index (κ1) is 20.3. The van der Waals surface area contributed by atoms with Crippen LogP contribution in [0.25, 0.3) is 0 Å². The van der Waals surface area contributed by atoms with E-state index >= 15 is 0 Å². The highest BCUT2D eigenvalue weighted by atomic mass is 19.2. The number of amides is 1. The Balaban J connectivity index is 1.59. The van der Waals surface area contributed by atoms with E-state index < -0.39 is 23.7 Å². The van der Waals surface area contributed by atoms with Gasteiger partial charge in [0.1, 0.15) is 6.10 Å². The molecule has 3 fully saturated rings. The number of hydrogen-bond donors (Lipinski definition) is 1. The molecule has 0 aromatic heterocycles. The largest absolute Gasteiger partial charge is 0.478 e. The Morgan fingerprint density at radius 2 is 1.80 bits per heavy atom. The van der Waals surface area contributed by atoms with Crippen molar-refractivity contribution in [1.82, 2.24) is 4.90 Å². The van der Waals surface area contributed by atoms with Gasteiger partial charge in [0.15, 0.2) is 11.6 Å². The number of nitrogens with zero attached hydrogens (tertiary/aromatic N) is 2. The summed E-state index contributed by atoms with van der Waals surface area (Å²) in [6, 6.07) is 9.51. The summed E-state index contributed by atoms with van der Waals surface area (Å²) in [5, 5.41) is 9.05. The quantitative estimate of drug-likeness (QED) is 0.801. The summed E-state index contributed by atoms with van der Waals surface area (Å²) in [4.78, 5) is 27.4. The van der Waals surface area contributed by atoms with Crippen molar-refractivity contribution >= 4 is 17.7 Å². The average Bonchev–Trinajstić information content (AvgIpc) is 2.75. The minimum absolute atomic E-state index is 0.0831. The number of hydrogen-bond acceptors (Lipinski definition) is 4. The smallest absolute Gasteiger partial charge is 0.415 e. The lowest BCUT2D eigenvalue weighted by atomic mass is 9.86. The van der Waals surface area contributed by atoms with Crippen molar-refractivity contribution in [2.75, 3.05) is 24.5 Å². The van der Waals surface area contributed by atoms with E-state index in [1.807, 2.05) is 0 Å². The maximum Gasteiger partial charge on any atom is 0.415 e. The van der Waals surface area contributed by atoms with Crippen LogP contribution in [0, 0.1) is 17.6 Å². The van der Waals surface area contributed by atoms with Crippen LogP contribution in [0.3, 0.4) is 0 Å². The molecule has 3 aliphatic heterocycles. The Kier molecular flexibility index (Phi) is 5.67. The molecular formula is C22H22F2N2O4. The Hall–Kier alpha value is -3.00. The fourth-order valence-corrected chi connectivity index (χ4v) is 4.12. The molecule has 30 heavy (non-hydrogen) atoms. The van der Waals surface area contributed by atoms with Crippen molar-refractivity contribution in [3.8, 4) is 0 Å². The molecule has 3 aliphatic rings. The Morgan fingerprint density at radius 1 is 1.10 bits per heavy atom. The average molecular weight is 416 g/mol. The van der Waals surface area contributed by atoms with Gasteiger partial charge < -0.3 is 9.84 Å². The van der Waals surface area contributed by atoms with E-state index in [1.165, 1.54) is 36.4 Å². The summed E-state index contributed by atoms with van der Waals surface area (Å²) < 4.78 is 34.1. The van der Waals surface area contributed by atoms with Gasteiger partial charge >= 0.3 is 12.1 Å². The molecule has 5 rings (SSSR count). The number of carbonyl (C=O) groups is 2. The highest BCUT2D eigenvalue weighted by molar-refractivity contribution is 5.89. The molecule has 3 heterocycles. The summed E-state index contributed by atoms with van der Waals surface area (Å²) in [7, 11) is 0. The zero-order valence-electron chi connectivity index (χ0n) is 16.3. The molecule has 0 radical (unpaired) electrons. The van der Waals surface area contributed by atoms with Crippen LogP contribution in [0.2, 0.25) is 0 Å². The number of carboxylic acids is 1. The maximum atomic E-state index is 14.5. The Labute approximate surface area is 172 Å².